The van der Waals surface area contributed by atoms with Gasteiger partial charge in [-0.15, -0.1) is 5.10 Å². The fraction of sp³-hybridized carbons (Fsp3) is 0.333. The number of ketones is 1. The first-order valence-electron chi connectivity index (χ1n) is 12.8. The van der Waals surface area contributed by atoms with Gasteiger partial charge in [0.15, 0.2) is 17.3 Å². The van der Waals surface area contributed by atoms with Crippen LogP contribution in [-0.4, -0.2) is 32.5 Å². The van der Waals surface area contributed by atoms with E-state index in [1.807, 2.05) is 43.3 Å². The van der Waals surface area contributed by atoms with Crippen LogP contribution in [0.4, 0.5) is 0 Å². The van der Waals surface area contributed by atoms with Gasteiger partial charge >= 0.3 is 0 Å². The predicted molar refractivity (Wildman–Crippen MR) is 142 cm³/mol. The lowest BCUT2D eigenvalue weighted by Gasteiger charge is -2.37. The Morgan fingerprint density at radius 2 is 1.89 bits per heavy atom. The standard InChI is InChI=1S/C30H30N4O4/c1-17-7-6-8-22(18(17)2)37-15-24-32-28-27-25(19-9-11-20(36-5)12-10-19)26-21(35)13-30(3,4)14-23(26)38-29(27)31-16-34(28)33-24/h6-12,16,25H,13-15H2,1-5H3/t25-/m1/s1. The molecule has 1 aliphatic heterocycles. The van der Waals surface area contributed by atoms with Gasteiger partial charge < -0.3 is 14.2 Å². The van der Waals surface area contributed by atoms with Crippen molar-refractivity contribution in [2.45, 2.75) is 53.1 Å². The van der Waals surface area contributed by atoms with E-state index in [0.717, 1.165) is 33.8 Å². The molecule has 0 fully saturated rings. The van der Waals surface area contributed by atoms with Crippen molar-refractivity contribution in [1.29, 1.82) is 0 Å². The van der Waals surface area contributed by atoms with E-state index in [-0.39, 0.29) is 23.7 Å². The van der Waals surface area contributed by atoms with Gasteiger partial charge in [0.2, 0.25) is 5.88 Å². The average Bonchev–Trinajstić information content (AvgIpc) is 3.31. The number of aromatic nitrogens is 4. The Morgan fingerprint density at radius 3 is 2.66 bits per heavy atom. The van der Waals surface area contributed by atoms with Crippen molar-refractivity contribution in [2.75, 3.05) is 7.11 Å². The minimum absolute atomic E-state index is 0.0858. The number of carbonyl (C=O) groups excluding carboxylic acids is 1. The number of methoxy groups -OCH3 is 1. The summed E-state index contributed by atoms with van der Waals surface area (Å²) in [7, 11) is 1.64. The number of fused-ring (bicyclic) bond motifs is 3. The quantitative estimate of drug-likeness (QED) is 0.350. The summed E-state index contributed by atoms with van der Waals surface area (Å²) >= 11 is 0. The van der Waals surface area contributed by atoms with Crippen LogP contribution in [0.2, 0.25) is 0 Å². The van der Waals surface area contributed by atoms with Crippen molar-refractivity contribution in [1.82, 2.24) is 19.6 Å². The number of hydrogen-bond donors (Lipinski definition) is 0. The van der Waals surface area contributed by atoms with E-state index in [9.17, 15) is 4.79 Å². The monoisotopic (exact) mass is 510 g/mol. The third-order valence-electron chi connectivity index (χ3n) is 7.47. The Morgan fingerprint density at radius 1 is 1.11 bits per heavy atom. The van der Waals surface area contributed by atoms with Crippen molar-refractivity contribution >= 4 is 11.4 Å². The lowest BCUT2D eigenvalue weighted by molar-refractivity contribution is -0.118. The van der Waals surface area contributed by atoms with Crippen LogP contribution in [0.3, 0.4) is 0 Å². The van der Waals surface area contributed by atoms with Gasteiger partial charge in [-0.1, -0.05) is 38.1 Å². The molecule has 2 aliphatic rings. The number of carbonyl (C=O) groups is 1. The van der Waals surface area contributed by atoms with Gasteiger partial charge in [-0.3, -0.25) is 4.79 Å². The molecule has 6 rings (SSSR count). The summed E-state index contributed by atoms with van der Waals surface area (Å²) in [5.74, 6) is 2.92. The number of rotatable bonds is 5. The third-order valence-corrected chi connectivity index (χ3v) is 7.47. The maximum absolute atomic E-state index is 13.6. The zero-order valence-electron chi connectivity index (χ0n) is 22.2. The van der Waals surface area contributed by atoms with Gasteiger partial charge in [0.05, 0.1) is 12.7 Å². The number of hydrogen-bond acceptors (Lipinski definition) is 7. The van der Waals surface area contributed by atoms with Gasteiger partial charge in [-0.2, -0.15) is 0 Å². The molecule has 1 aliphatic carbocycles. The van der Waals surface area contributed by atoms with E-state index < -0.39 is 0 Å². The molecule has 3 heterocycles. The minimum Gasteiger partial charge on any atom is -0.497 e. The fourth-order valence-corrected chi connectivity index (χ4v) is 5.40. The number of benzene rings is 2. The maximum Gasteiger partial charge on any atom is 0.228 e. The highest BCUT2D eigenvalue weighted by molar-refractivity contribution is 6.00. The Labute approximate surface area is 221 Å². The smallest absolute Gasteiger partial charge is 0.228 e. The van der Waals surface area contributed by atoms with Crippen LogP contribution < -0.4 is 14.2 Å². The van der Waals surface area contributed by atoms with E-state index >= 15 is 0 Å². The summed E-state index contributed by atoms with van der Waals surface area (Å²) in [5, 5.41) is 4.63. The van der Waals surface area contributed by atoms with E-state index in [4.69, 9.17) is 19.2 Å². The summed E-state index contributed by atoms with van der Waals surface area (Å²) in [6.07, 6.45) is 2.72. The molecule has 8 nitrogen and oxygen atoms in total. The first kappa shape index (κ1) is 24.2. The highest BCUT2D eigenvalue weighted by Crippen LogP contribution is 2.50. The molecule has 38 heavy (non-hydrogen) atoms. The molecule has 0 bridgehead atoms. The van der Waals surface area contributed by atoms with Crippen LogP contribution in [0.5, 0.6) is 17.4 Å². The highest BCUT2D eigenvalue weighted by atomic mass is 16.5. The average molecular weight is 511 g/mol. The molecule has 0 radical (unpaired) electrons. The van der Waals surface area contributed by atoms with E-state index in [0.29, 0.717) is 41.5 Å². The number of aryl methyl sites for hydroxylation is 1. The van der Waals surface area contributed by atoms with Crippen LogP contribution in [0.1, 0.15) is 60.7 Å². The molecule has 2 aromatic carbocycles. The fourth-order valence-electron chi connectivity index (χ4n) is 5.40. The van der Waals surface area contributed by atoms with Gasteiger partial charge in [0.1, 0.15) is 30.2 Å². The number of ether oxygens (including phenoxy) is 3. The molecule has 0 N–H and O–H groups in total. The highest BCUT2D eigenvalue weighted by Gasteiger charge is 2.44. The summed E-state index contributed by atoms with van der Waals surface area (Å²) in [5.41, 5.74) is 5.01. The molecule has 0 unspecified atom stereocenters. The summed E-state index contributed by atoms with van der Waals surface area (Å²) in [4.78, 5) is 23.0. The van der Waals surface area contributed by atoms with Gasteiger partial charge in [0, 0.05) is 24.3 Å². The number of Topliss-reactive ketones (excluding diaryl/α,β-unsaturated/α-hetero) is 1. The summed E-state index contributed by atoms with van der Waals surface area (Å²) < 4.78 is 19.4. The third kappa shape index (κ3) is 4.10. The van der Waals surface area contributed by atoms with Crippen LogP contribution in [-0.2, 0) is 11.4 Å². The van der Waals surface area contributed by atoms with Crippen LogP contribution in [0, 0.1) is 19.3 Å². The molecular formula is C30H30N4O4. The molecule has 0 spiro atoms. The van der Waals surface area contributed by atoms with Crippen molar-refractivity contribution in [3.05, 3.63) is 88.2 Å². The van der Waals surface area contributed by atoms with E-state index in [2.05, 4.69) is 36.9 Å². The second kappa shape index (κ2) is 8.97. The SMILES string of the molecule is COc1ccc([C@@H]2C3=C(CC(C)(C)CC3=O)Oc3ncn4nc(COc5cccc(C)c5C)nc4c32)cc1. The molecular weight excluding hydrogens is 480 g/mol. The zero-order chi connectivity index (χ0) is 26.6. The summed E-state index contributed by atoms with van der Waals surface area (Å²) in [6, 6.07) is 13.8. The topological polar surface area (TPSA) is 87.8 Å². The molecule has 2 aromatic heterocycles. The molecule has 0 amide bonds. The molecule has 194 valence electrons. The second-order valence-electron chi connectivity index (χ2n) is 10.8. The summed E-state index contributed by atoms with van der Waals surface area (Å²) in [6.45, 7) is 8.47. The van der Waals surface area contributed by atoms with Crippen molar-refractivity contribution in [3.63, 3.8) is 0 Å². The molecule has 0 saturated heterocycles. The Bertz CT molecular complexity index is 1600. The van der Waals surface area contributed by atoms with Crippen molar-refractivity contribution in [3.8, 4) is 17.4 Å². The lowest BCUT2D eigenvalue weighted by Crippen LogP contribution is -2.33. The second-order valence-corrected chi connectivity index (χ2v) is 10.8. The van der Waals surface area contributed by atoms with Gasteiger partial charge in [0.25, 0.3) is 0 Å². The van der Waals surface area contributed by atoms with Crippen LogP contribution >= 0.6 is 0 Å². The minimum atomic E-state index is -0.378. The Kier molecular flexibility index (Phi) is 5.70. The number of allylic oxidation sites excluding steroid dienone is 2. The van der Waals surface area contributed by atoms with Crippen LogP contribution in [0.25, 0.3) is 5.65 Å². The van der Waals surface area contributed by atoms with Crippen LogP contribution in [0.15, 0.2) is 60.1 Å². The predicted octanol–water partition coefficient (Wildman–Crippen LogP) is 5.50. The lowest BCUT2D eigenvalue weighted by atomic mass is 9.70. The van der Waals surface area contributed by atoms with Gasteiger partial charge in [-0.05, 0) is 54.2 Å². The Hall–Kier alpha value is -4.20. The van der Waals surface area contributed by atoms with Crippen molar-refractivity contribution in [2.24, 2.45) is 5.41 Å². The number of nitrogens with zero attached hydrogens (tertiary/aromatic N) is 4. The van der Waals surface area contributed by atoms with Crippen molar-refractivity contribution < 1.29 is 19.0 Å². The molecule has 0 saturated carbocycles. The van der Waals surface area contributed by atoms with E-state index in [1.54, 1.807) is 18.0 Å². The first-order valence-corrected chi connectivity index (χ1v) is 12.8. The van der Waals surface area contributed by atoms with E-state index in [1.165, 1.54) is 0 Å². The normalized spacial score (nSPS) is 18.1. The van der Waals surface area contributed by atoms with Gasteiger partial charge in [-0.25, -0.2) is 14.5 Å². The first-order chi connectivity index (χ1) is 18.2. The maximum atomic E-state index is 13.6. The molecule has 1 atom stereocenters. The zero-order valence-corrected chi connectivity index (χ0v) is 22.2. The largest absolute Gasteiger partial charge is 0.497 e. The molecule has 8 heteroatoms. The molecule has 4 aromatic rings. The Balaban J connectivity index is 1.45.